The maximum Gasteiger partial charge on any atom is 0.251 e. The minimum Gasteiger partial charge on any atom is -0.326 e. The number of nitrogens with one attached hydrogen (secondary N) is 1. The largest absolute Gasteiger partial charge is 0.326 e. The van der Waals surface area contributed by atoms with Crippen LogP contribution in [0.4, 0.5) is 5.69 Å². The molecule has 4 nitrogen and oxygen atoms in total. The SMILES string of the molecule is Cc1ccc(C)c(NC(=O)CCn2c(=O)cc(C)c3cc(C)cc(C)c32)c1. The third kappa shape index (κ3) is 3.95. The Bertz CT molecular complexity index is 1090. The fourth-order valence-electron chi connectivity index (χ4n) is 3.59. The summed E-state index contributed by atoms with van der Waals surface area (Å²) in [5.74, 6) is -0.0888. The van der Waals surface area contributed by atoms with Crippen LogP contribution in [-0.4, -0.2) is 10.5 Å². The number of nitrogens with zero attached hydrogens (tertiary/aromatic N) is 1. The topological polar surface area (TPSA) is 51.1 Å². The number of aryl methyl sites for hydroxylation is 6. The molecule has 0 aliphatic carbocycles. The number of aromatic nitrogens is 1. The lowest BCUT2D eigenvalue weighted by molar-refractivity contribution is -0.116. The quantitative estimate of drug-likeness (QED) is 0.739. The van der Waals surface area contributed by atoms with E-state index in [9.17, 15) is 9.59 Å². The number of hydrogen-bond donors (Lipinski definition) is 1. The average molecular weight is 362 g/mol. The lowest BCUT2D eigenvalue weighted by Crippen LogP contribution is -2.24. The van der Waals surface area contributed by atoms with Gasteiger partial charge in [-0.05, 0) is 69.0 Å². The van der Waals surface area contributed by atoms with Crippen LogP contribution in [0.5, 0.6) is 0 Å². The fourth-order valence-corrected chi connectivity index (χ4v) is 3.59. The minimum atomic E-state index is -0.0888. The summed E-state index contributed by atoms with van der Waals surface area (Å²) in [6, 6.07) is 11.8. The standard InChI is InChI=1S/C23H26N2O2/c1-14-6-7-16(3)20(12-14)24-21(26)8-9-25-22(27)13-17(4)19-11-15(2)10-18(5)23(19)25/h6-7,10-13H,8-9H2,1-5H3,(H,24,26). The molecule has 0 bridgehead atoms. The van der Waals surface area contributed by atoms with Crippen LogP contribution in [0, 0.1) is 34.6 Å². The zero-order valence-corrected chi connectivity index (χ0v) is 16.6. The van der Waals surface area contributed by atoms with E-state index < -0.39 is 0 Å². The van der Waals surface area contributed by atoms with E-state index in [2.05, 4.69) is 24.4 Å². The smallest absolute Gasteiger partial charge is 0.251 e. The number of carbonyl (C=O) groups is 1. The molecule has 27 heavy (non-hydrogen) atoms. The molecule has 0 aliphatic rings. The van der Waals surface area contributed by atoms with Gasteiger partial charge in [-0.2, -0.15) is 0 Å². The van der Waals surface area contributed by atoms with Gasteiger partial charge in [-0.1, -0.05) is 23.8 Å². The summed E-state index contributed by atoms with van der Waals surface area (Å²) in [5, 5.41) is 4.04. The molecule has 0 saturated heterocycles. The predicted molar refractivity (Wildman–Crippen MR) is 112 cm³/mol. The first-order chi connectivity index (χ1) is 12.8. The van der Waals surface area contributed by atoms with Crippen molar-refractivity contribution in [3.8, 4) is 0 Å². The van der Waals surface area contributed by atoms with Gasteiger partial charge in [0.15, 0.2) is 0 Å². The van der Waals surface area contributed by atoms with Crippen LogP contribution >= 0.6 is 0 Å². The van der Waals surface area contributed by atoms with Gasteiger partial charge < -0.3 is 9.88 Å². The van der Waals surface area contributed by atoms with Crippen molar-refractivity contribution in [3.05, 3.63) is 74.6 Å². The molecule has 3 aromatic rings. The molecule has 0 radical (unpaired) electrons. The Morgan fingerprint density at radius 1 is 0.889 bits per heavy atom. The molecule has 1 aromatic heterocycles. The molecular weight excluding hydrogens is 336 g/mol. The lowest BCUT2D eigenvalue weighted by Gasteiger charge is -2.15. The van der Waals surface area contributed by atoms with Crippen LogP contribution in [-0.2, 0) is 11.3 Å². The van der Waals surface area contributed by atoms with Crippen LogP contribution in [0.3, 0.4) is 0 Å². The zero-order chi connectivity index (χ0) is 19.7. The maximum atomic E-state index is 12.6. The van der Waals surface area contributed by atoms with Crippen molar-refractivity contribution in [2.24, 2.45) is 0 Å². The third-order valence-corrected chi connectivity index (χ3v) is 4.98. The second kappa shape index (κ2) is 7.39. The second-order valence-electron chi connectivity index (χ2n) is 7.41. The first-order valence-corrected chi connectivity index (χ1v) is 9.25. The van der Waals surface area contributed by atoms with Gasteiger partial charge in [0, 0.05) is 30.1 Å². The fraction of sp³-hybridized carbons (Fsp3) is 0.304. The minimum absolute atomic E-state index is 0.0634. The molecule has 1 N–H and O–H groups in total. The number of fused-ring (bicyclic) bond motifs is 1. The third-order valence-electron chi connectivity index (χ3n) is 4.98. The number of pyridine rings is 1. The van der Waals surface area contributed by atoms with Gasteiger partial charge in [0.1, 0.15) is 0 Å². The van der Waals surface area contributed by atoms with E-state index in [1.807, 2.05) is 45.9 Å². The summed E-state index contributed by atoms with van der Waals surface area (Å²) in [6.45, 7) is 10.4. The Balaban J connectivity index is 1.88. The summed E-state index contributed by atoms with van der Waals surface area (Å²) in [6.07, 6.45) is 0.249. The van der Waals surface area contributed by atoms with Gasteiger partial charge in [-0.3, -0.25) is 9.59 Å². The van der Waals surface area contributed by atoms with E-state index in [0.29, 0.717) is 6.54 Å². The van der Waals surface area contributed by atoms with Crippen LogP contribution < -0.4 is 10.9 Å². The van der Waals surface area contributed by atoms with Crippen molar-refractivity contribution in [2.75, 3.05) is 5.32 Å². The van der Waals surface area contributed by atoms with Crippen LogP contribution in [0.2, 0.25) is 0 Å². The van der Waals surface area contributed by atoms with E-state index in [0.717, 1.165) is 38.8 Å². The molecule has 0 fully saturated rings. The zero-order valence-electron chi connectivity index (χ0n) is 16.6. The van der Waals surface area contributed by atoms with Crippen LogP contribution in [0.15, 0.2) is 41.2 Å². The van der Waals surface area contributed by atoms with Gasteiger partial charge in [0.2, 0.25) is 5.91 Å². The highest BCUT2D eigenvalue weighted by Crippen LogP contribution is 2.23. The molecular formula is C23H26N2O2. The van der Waals surface area contributed by atoms with Crippen molar-refractivity contribution in [3.63, 3.8) is 0 Å². The molecule has 4 heteroatoms. The molecule has 0 spiro atoms. The molecule has 1 heterocycles. The van der Waals surface area contributed by atoms with E-state index in [4.69, 9.17) is 0 Å². The predicted octanol–water partition coefficient (Wildman–Crippen LogP) is 4.57. The van der Waals surface area contributed by atoms with Gasteiger partial charge in [0.05, 0.1) is 5.52 Å². The number of anilines is 1. The molecule has 0 aliphatic heterocycles. The molecule has 0 saturated carbocycles. The highest BCUT2D eigenvalue weighted by Gasteiger charge is 2.12. The second-order valence-corrected chi connectivity index (χ2v) is 7.41. The van der Waals surface area contributed by atoms with Crippen molar-refractivity contribution in [1.29, 1.82) is 0 Å². The Morgan fingerprint density at radius 2 is 1.63 bits per heavy atom. The average Bonchev–Trinajstić information content (AvgIpc) is 2.58. The number of rotatable bonds is 4. The molecule has 0 atom stereocenters. The highest BCUT2D eigenvalue weighted by atomic mass is 16.1. The maximum absolute atomic E-state index is 12.6. The first-order valence-electron chi connectivity index (χ1n) is 9.25. The van der Waals surface area contributed by atoms with Crippen LogP contribution in [0.25, 0.3) is 10.9 Å². The van der Waals surface area contributed by atoms with Crippen molar-refractivity contribution in [2.45, 2.75) is 47.6 Å². The molecule has 140 valence electrons. The molecule has 0 unspecified atom stereocenters. The number of carbonyl (C=O) groups excluding carboxylic acids is 1. The summed E-state index contributed by atoms with van der Waals surface area (Å²) >= 11 is 0. The Morgan fingerprint density at radius 3 is 2.37 bits per heavy atom. The van der Waals surface area contributed by atoms with Gasteiger partial charge in [0.25, 0.3) is 5.56 Å². The van der Waals surface area contributed by atoms with Crippen LogP contribution in [0.1, 0.15) is 34.2 Å². The first kappa shape index (κ1) is 18.9. The van der Waals surface area contributed by atoms with Crippen molar-refractivity contribution < 1.29 is 4.79 Å². The summed E-state index contributed by atoms with van der Waals surface area (Å²) < 4.78 is 1.72. The molecule has 2 aromatic carbocycles. The lowest BCUT2D eigenvalue weighted by atomic mass is 10.0. The molecule has 3 rings (SSSR count). The van der Waals surface area contributed by atoms with E-state index in [1.54, 1.807) is 10.6 Å². The highest BCUT2D eigenvalue weighted by molar-refractivity contribution is 5.92. The van der Waals surface area contributed by atoms with Crippen molar-refractivity contribution >= 4 is 22.5 Å². The Kier molecular flexibility index (Phi) is 5.17. The van der Waals surface area contributed by atoms with Gasteiger partial charge in [-0.15, -0.1) is 0 Å². The summed E-state index contributed by atoms with van der Waals surface area (Å²) in [4.78, 5) is 25.1. The van der Waals surface area contributed by atoms with Gasteiger partial charge >= 0.3 is 0 Å². The van der Waals surface area contributed by atoms with E-state index in [-0.39, 0.29) is 17.9 Å². The van der Waals surface area contributed by atoms with E-state index >= 15 is 0 Å². The van der Waals surface area contributed by atoms with Crippen molar-refractivity contribution in [1.82, 2.24) is 4.57 Å². The molecule has 1 amide bonds. The number of hydrogen-bond acceptors (Lipinski definition) is 2. The number of benzene rings is 2. The number of amides is 1. The normalized spacial score (nSPS) is 11.0. The Labute approximate surface area is 159 Å². The van der Waals surface area contributed by atoms with Gasteiger partial charge in [-0.25, -0.2) is 0 Å². The van der Waals surface area contributed by atoms with E-state index in [1.165, 1.54) is 5.56 Å². The summed E-state index contributed by atoms with van der Waals surface area (Å²) in [5.41, 5.74) is 7.00. The Hall–Kier alpha value is -2.88. The monoisotopic (exact) mass is 362 g/mol. The summed E-state index contributed by atoms with van der Waals surface area (Å²) in [7, 11) is 0.